The van der Waals surface area contributed by atoms with Gasteiger partial charge in [-0.2, -0.15) is 0 Å². The molecule has 21 heavy (non-hydrogen) atoms. The fraction of sp³-hybridized carbons (Fsp3) is 0.375. The van der Waals surface area contributed by atoms with E-state index < -0.39 is 17.8 Å². The summed E-state index contributed by atoms with van der Waals surface area (Å²) in [5.41, 5.74) is 2.82. The van der Waals surface area contributed by atoms with Gasteiger partial charge in [0.25, 0.3) is 0 Å². The Morgan fingerprint density at radius 1 is 1.10 bits per heavy atom. The summed E-state index contributed by atoms with van der Waals surface area (Å²) in [5.74, 6) is -2.72. The van der Waals surface area contributed by atoms with Gasteiger partial charge in [0.2, 0.25) is 5.91 Å². The summed E-state index contributed by atoms with van der Waals surface area (Å²) < 4.78 is 1.07. The maximum Gasteiger partial charge on any atom is 0.228 e. The van der Waals surface area contributed by atoms with Crippen molar-refractivity contribution < 1.29 is 14.7 Å². The van der Waals surface area contributed by atoms with Crippen LogP contribution < -0.4 is 10.4 Å². The topological polar surface area (TPSA) is 69.2 Å². The molecule has 1 amide bonds. The number of aliphatic carboxylic acids is 1. The molecule has 0 bridgehead atoms. The molecule has 5 heteroatoms. The van der Waals surface area contributed by atoms with Gasteiger partial charge in [0.05, 0.1) is 5.92 Å². The van der Waals surface area contributed by atoms with Crippen LogP contribution in [-0.4, -0.2) is 11.9 Å². The normalized spacial score (nSPS) is 22.0. The lowest BCUT2D eigenvalue weighted by Crippen LogP contribution is -2.42. The Hall–Kier alpha value is -1.37. The van der Waals surface area contributed by atoms with E-state index in [2.05, 4.69) is 27.9 Å². The highest BCUT2D eigenvalue weighted by molar-refractivity contribution is 14.1. The molecule has 1 aromatic rings. The van der Waals surface area contributed by atoms with Crippen molar-refractivity contribution in [3.05, 3.63) is 39.0 Å². The van der Waals surface area contributed by atoms with Crippen LogP contribution in [0.4, 0.5) is 5.69 Å². The van der Waals surface area contributed by atoms with Gasteiger partial charge >= 0.3 is 0 Å². The lowest BCUT2D eigenvalue weighted by atomic mass is 9.76. The molecule has 0 radical (unpaired) electrons. The largest absolute Gasteiger partial charge is 0.550 e. The highest BCUT2D eigenvalue weighted by atomic mass is 127. The number of benzene rings is 1. The third-order valence-corrected chi connectivity index (χ3v) is 4.74. The van der Waals surface area contributed by atoms with E-state index in [1.165, 1.54) is 0 Å². The summed E-state index contributed by atoms with van der Waals surface area (Å²) >= 11 is 2.19. The minimum absolute atomic E-state index is 0.253. The van der Waals surface area contributed by atoms with Crippen molar-refractivity contribution >= 4 is 40.2 Å². The average molecular weight is 398 g/mol. The fourth-order valence-electron chi connectivity index (χ4n) is 2.58. The number of carboxylic acid groups (broad SMARTS) is 1. The SMILES string of the molecule is CC1=C(C)C[C@@H](C(=O)Nc2ccc(I)cc2)[C@H](C(=O)[O-])C1. The molecule has 0 fully saturated rings. The Bertz CT molecular complexity index is 592. The number of rotatable bonds is 3. The molecular formula is C16H17INO3-. The van der Waals surface area contributed by atoms with Crippen molar-refractivity contribution in [2.45, 2.75) is 26.7 Å². The van der Waals surface area contributed by atoms with Crippen molar-refractivity contribution in [1.82, 2.24) is 0 Å². The summed E-state index contributed by atoms with van der Waals surface area (Å²) in [6, 6.07) is 7.40. The van der Waals surface area contributed by atoms with E-state index >= 15 is 0 Å². The van der Waals surface area contributed by atoms with Crippen molar-refractivity contribution in [3.8, 4) is 0 Å². The van der Waals surface area contributed by atoms with Crippen LogP contribution >= 0.6 is 22.6 Å². The maximum atomic E-state index is 12.4. The molecule has 112 valence electrons. The summed E-state index contributed by atoms with van der Waals surface area (Å²) in [4.78, 5) is 23.7. The number of nitrogens with one attached hydrogen (secondary N) is 1. The second-order valence-electron chi connectivity index (χ2n) is 5.50. The third-order valence-electron chi connectivity index (χ3n) is 4.02. The van der Waals surface area contributed by atoms with E-state index in [1.54, 1.807) is 0 Å². The average Bonchev–Trinajstić information content (AvgIpc) is 2.43. The van der Waals surface area contributed by atoms with E-state index in [1.807, 2.05) is 38.1 Å². The Kier molecular flexibility index (Phi) is 5.03. The molecule has 0 saturated carbocycles. The highest BCUT2D eigenvalue weighted by Crippen LogP contribution is 2.34. The summed E-state index contributed by atoms with van der Waals surface area (Å²) in [6.07, 6.45) is 0.861. The third kappa shape index (κ3) is 3.84. The Labute approximate surface area is 137 Å². The quantitative estimate of drug-likeness (QED) is 0.628. The van der Waals surface area contributed by atoms with Gasteiger partial charge < -0.3 is 15.2 Å². The molecule has 1 N–H and O–H groups in total. The van der Waals surface area contributed by atoms with E-state index in [0.29, 0.717) is 18.5 Å². The number of hydrogen-bond acceptors (Lipinski definition) is 3. The van der Waals surface area contributed by atoms with Crippen molar-refractivity contribution in [1.29, 1.82) is 0 Å². The van der Waals surface area contributed by atoms with Gasteiger partial charge in [0.1, 0.15) is 0 Å². The zero-order valence-electron chi connectivity index (χ0n) is 12.0. The van der Waals surface area contributed by atoms with E-state index in [-0.39, 0.29) is 5.91 Å². The first-order chi connectivity index (χ1) is 9.88. The van der Waals surface area contributed by atoms with Gasteiger partial charge in [-0.15, -0.1) is 0 Å². The number of hydrogen-bond donors (Lipinski definition) is 1. The maximum absolute atomic E-state index is 12.4. The molecule has 0 saturated heterocycles. The fourth-order valence-corrected chi connectivity index (χ4v) is 2.94. The van der Waals surface area contributed by atoms with Crippen LogP contribution in [0.25, 0.3) is 0 Å². The van der Waals surface area contributed by atoms with Crippen LogP contribution in [0.15, 0.2) is 35.4 Å². The lowest BCUT2D eigenvalue weighted by Gasteiger charge is -2.32. The van der Waals surface area contributed by atoms with Gasteiger partial charge in [-0.1, -0.05) is 11.1 Å². The number of carbonyl (C=O) groups excluding carboxylic acids is 2. The second kappa shape index (κ2) is 6.60. The van der Waals surface area contributed by atoms with Crippen LogP contribution in [0.3, 0.4) is 0 Å². The van der Waals surface area contributed by atoms with Gasteiger partial charge in [-0.3, -0.25) is 4.79 Å². The van der Waals surface area contributed by atoms with Crippen LogP contribution in [0.5, 0.6) is 0 Å². The van der Waals surface area contributed by atoms with E-state index in [0.717, 1.165) is 14.7 Å². The number of halogens is 1. The smallest absolute Gasteiger partial charge is 0.228 e. The van der Waals surface area contributed by atoms with E-state index in [9.17, 15) is 14.7 Å². The highest BCUT2D eigenvalue weighted by Gasteiger charge is 2.33. The zero-order valence-corrected chi connectivity index (χ0v) is 14.1. The Morgan fingerprint density at radius 2 is 1.62 bits per heavy atom. The monoisotopic (exact) mass is 398 g/mol. The molecule has 2 rings (SSSR count). The summed E-state index contributed by atoms with van der Waals surface area (Å²) in [6.45, 7) is 3.87. The predicted octanol–water partition coefficient (Wildman–Crippen LogP) is 2.34. The number of anilines is 1. The first kappa shape index (κ1) is 16.0. The molecule has 0 spiro atoms. The molecule has 0 aliphatic heterocycles. The predicted molar refractivity (Wildman–Crippen MR) is 87.4 cm³/mol. The minimum Gasteiger partial charge on any atom is -0.550 e. The van der Waals surface area contributed by atoms with Gasteiger partial charge in [-0.25, -0.2) is 0 Å². The van der Waals surface area contributed by atoms with Crippen LogP contribution in [0.1, 0.15) is 26.7 Å². The van der Waals surface area contributed by atoms with Crippen molar-refractivity contribution in [2.75, 3.05) is 5.32 Å². The molecule has 1 aromatic carbocycles. The molecule has 2 atom stereocenters. The molecule has 1 aliphatic carbocycles. The van der Waals surface area contributed by atoms with Crippen LogP contribution in [-0.2, 0) is 9.59 Å². The Morgan fingerprint density at radius 3 is 2.14 bits per heavy atom. The molecule has 0 aromatic heterocycles. The van der Waals surface area contributed by atoms with E-state index in [4.69, 9.17) is 0 Å². The van der Waals surface area contributed by atoms with Gasteiger partial charge in [0, 0.05) is 21.1 Å². The first-order valence-electron chi connectivity index (χ1n) is 6.81. The lowest BCUT2D eigenvalue weighted by molar-refractivity contribution is -0.313. The number of carbonyl (C=O) groups is 2. The molecular weight excluding hydrogens is 381 g/mol. The van der Waals surface area contributed by atoms with Crippen LogP contribution in [0, 0.1) is 15.4 Å². The number of carboxylic acids is 1. The van der Waals surface area contributed by atoms with Crippen molar-refractivity contribution in [2.24, 2.45) is 11.8 Å². The molecule has 4 nitrogen and oxygen atoms in total. The summed E-state index contributed by atoms with van der Waals surface area (Å²) in [5, 5.41) is 14.1. The number of allylic oxidation sites excluding steroid dienone is 2. The van der Waals surface area contributed by atoms with Gasteiger partial charge in [0.15, 0.2) is 0 Å². The summed E-state index contributed by atoms with van der Waals surface area (Å²) in [7, 11) is 0. The molecule has 0 heterocycles. The number of amides is 1. The first-order valence-corrected chi connectivity index (χ1v) is 7.89. The standard InChI is InChI=1S/C16H18INO3/c1-9-7-13(14(16(20)21)8-10(9)2)15(19)18-12-5-3-11(17)4-6-12/h3-6,13-14H,7-8H2,1-2H3,(H,18,19)(H,20,21)/p-1/t13-,14-/m1/s1. The van der Waals surface area contributed by atoms with Gasteiger partial charge in [-0.05, 0) is 73.5 Å². The minimum atomic E-state index is -1.15. The Balaban J connectivity index is 2.16. The van der Waals surface area contributed by atoms with Crippen LogP contribution in [0.2, 0.25) is 0 Å². The molecule has 0 unspecified atom stereocenters. The zero-order chi connectivity index (χ0) is 15.6. The molecule has 1 aliphatic rings. The van der Waals surface area contributed by atoms with Crippen molar-refractivity contribution in [3.63, 3.8) is 0 Å². The second-order valence-corrected chi connectivity index (χ2v) is 6.74.